The van der Waals surface area contributed by atoms with Crippen LogP contribution >= 0.6 is 0 Å². The number of nitrogens with two attached hydrogens (primary N) is 3. The summed E-state index contributed by atoms with van der Waals surface area (Å²) in [5.41, 5.74) is 15.6. The van der Waals surface area contributed by atoms with Crippen molar-refractivity contribution >= 4 is 17.7 Å². The number of hydrogen-bond acceptors (Lipinski definition) is 6. The zero-order chi connectivity index (χ0) is 40.4. The first-order valence-electron chi connectivity index (χ1n) is 24.5. The molecule has 9 nitrogen and oxygen atoms in total. The van der Waals surface area contributed by atoms with E-state index in [1.165, 1.54) is 38.5 Å². The first-order valence-corrected chi connectivity index (χ1v) is 24.5. The molecule has 0 bridgehead atoms. The number of carbonyl (C=O) groups excluding carboxylic acids is 3. The van der Waals surface area contributed by atoms with Gasteiger partial charge in [0.05, 0.1) is 18.8 Å². The fraction of sp³-hybridized carbons (Fsp3) is 0.938. The Morgan fingerprint density at radius 3 is 1.07 bits per heavy atom. The molecule has 6 aliphatic rings. The van der Waals surface area contributed by atoms with Gasteiger partial charge in [0, 0.05) is 5.41 Å². The van der Waals surface area contributed by atoms with Crippen molar-refractivity contribution in [3.63, 3.8) is 0 Å². The van der Waals surface area contributed by atoms with E-state index in [-0.39, 0.29) is 67.1 Å². The second-order valence-electron chi connectivity index (χ2n) is 20.1. The number of rotatable bonds is 19. The lowest BCUT2D eigenvalue weighted by Gasteiger charge is -2.64. The molecule has 0 aromatic heterocycles. The van der Waals surface area contributed by atoms with Crippen molar-refractivity contribution in [1.82, 2.24) is 0 Å². The van der Waals surface area contributed by atoms with E-state index in [9.17, 15) is 14.4 Å². The van der Waals surface area contributed by atoms with E-state index in [1.807, 2.05) is 0 Å². The minimum Gasteiger partial charge on any atom is -0.371 e. The van der Waals surface area contributed by atoms with Gasteiger partial charge in [0.15, 0.2) is 11.2 Å². The Morgan fingerprint density at radius 1 is 0.456 bits per heavy atom. The second-order valence-corrected chi connectivity index (χ2v) is 20.1. The molecule has 6 N–H and O–H groups in total. The standard InChI is InChI=1S/C48H83N3O6/c1-2-45(34-55-33-42(49)52,35-56-46(43(50)53,36-21-9-3-10-22-36)37-23-11-4-12-24-37)48(40-29-17-7-18-30-40,41-31-19-8-20-32-41)57-47(44(51)54,38-25-13-5-14-26-38)39-27-15-6-16-28-39/h36-41H,2-35H2,1H3,(H2,49,52)(H2,50,53)(H2,51,54). The summed E-state index contributed by atoms with van der Waals surface area (Å²) < 4.78 is 22.7. The van der Waals surface area contributed by atoms with Crippen LogP contribution in [0, 0.1) is 40.9 Å². The molecular formula is C48H83N3O6. The van der Waals surface area contributed by atoms with Gasteiger partial charge in [-0.25, -0.2) is 0 Å². The number of primary amides is 3. The highest BCUT2D eigenvalue weighted by Gasteiger charge is 2.67. The van der Waals surface area contributed by atoms with Gasteiger partial charge in [0.25, 0.3) is 0 Å². The predicted octanol–water partition coefficient (Wildman–Crippen LogP) is 9.59. The lowest BCUT2D eigenvalue weighted by molar-refractivity contribution is -0.314. The number of ether oxygens (including phenoxy) is 3. The van der Waals surface area contributed by atoms with E-state index in [2.05, 4.69) is 6.92 Å². The normalized spacial score (nSPS) is 25.2. The summed E-state index contributed by atoms with van der Waals surface area (Å²) in [4.78, 5) is 41.8. The molecule has 57 heavy (non-hydrogen) atoms. The third kappa shape index (κ3) is 9.31. The average Bonchev–Trinajstić information content (AvgIpc) is 3.25. The first kappa shape index (κ1) is 44.8. The maximum Gasteiger partial charge on any atom is 0.250 e. The first-order chi connectivity index (χ1) is 27.7. The van der Waals surface area contributed by atoms with E-state index >= 15 is 0 Å². The number of amides is 3. The summed E-state index contributed by atoms with van der Waals surface area (Å²) in [6, 6.07) is 0. The summed E-state index contributed by atoms with van der Waals surface area (Å²) in [5, 5.41) is 0. The quantitative estimate of drug-likeness (QED) is 0.118. The van der Waals surface area contributed by atoms with Crippen molar-refractivity contribution in [3.05, 3.63) is 0 Å². The van der Waals surface area contributed by atoms with Gasteiger partial charge in [-0.2, -0.15) is 0 Å². The number of hydrogen-bond donors (Lipinski definition) is 3. The van der Waals surface area contributed by atoms with Gasteiger partial charge in [-0.05, 0) is 119 Å². The molecule has 0 spiro atoms. The molecule has 0 aliphatic heterocycles. The van der Waals surface area contributed by atoms with Crippen molar-refractivity contribution < 1.29 is 28.6 Å². The lowest BCUT2D eigenvalue weighted by atomic mass is 9.53. The monoisotopic (exact) mass is 798 g/mol. The van der Waals surface area contributed by atoms with Crippen LogP contribution in [0.1, 0.15) is 206 Å². The average molecular weight is 798 g/mol. The summed E-state index contributed by atoms with van der Waals surface area (Å²) in [7, 11) is 0. The molecule has 6 aliphatic carbocycles. The van der Waals surface area contributed by atoms with Gasteiger partial charge < -0.3 is 31.4 Å². The van der Waals surface area contributed by atoms with Gasteiger partial charge in [-0.15, -0.1) is 0 Å². The molecule has 0 heterocycles. The Kier molecular flexibility index (Phi) is 16.3. The van der Waals surface area contributed by atoms with Crippen LogP contribution in [0.2, 0.25) is 0 Å². The molecule has 3 amide bonds. The Balaban J connectivity index is 1.58. The van der Waals surface area contributed by atoms with Gasteiger partial charge in [-0.3, -0.25) is 14.4 Å². The summed E-state index contributed by atoms with van der Waals surface area (Å²) in [5.74, 6) is -0.594. The molecule has 6 rings (SSSR count). The third-order valence-electron chi connectivity index (χ3n) is 17.1. The molecule has 326 valence electrons. The topological polar surface area (TPSA) is 157 Å². The predicted molar refractivity (Wildman–Crippen MR) is 226 cm³/mol. The SMILES string of the molecule is CCC(COCC(N)=O)(COC(C(N)=O)(C1CCCCC1)C1CCCCC1)C(OC(C(N)=O)(C1CCCCC1)C1CCCCC1)(C1CCCCC1)C1CCCCC1. The minimum absolute atomic E-state index is 0.0506. The smallest absolute Gasteiger partial charge is 0.250 e. The Bertz CT molecular complexity index is 1220. The maximum absolute atomic E-state index is 14.9. The van der Waals surface area contributed by atoms with Gasteiger partial charge in [-0.1, -0.05) is 122 Å². The molecule has 0 aromatic carbocycles. The highest BCUT2D eigenvalue weighted by molar-refractivity contribution is 5.85. The Morgan fingerprint density at radius 2 is 0.772 bits per heavy atom. The fourth-order valence-electron chi connectivity index (χ4n) is 14.3. The van der Waals surface area contributed by atoms with Crippen molar-refractivity contribution in [2.45, 2.75) is 223 Å². The van der Waals surface area contributed by atoms with E-state index in [1.54, 1.807) is 0 Å². The maximum atomic E-state index is 14.9. The van der Waals surface area contributed by atoms with Crippen LogP contribution in [0.4, 0.5) is 0 Å². The van der Waals surface area contributed by atoms with Gasteiger partial charge in [0.2, 0.25) is 17.7 Å². The summed E-state index contributed by atoms with van der Waals surface area (Å²) >= 11 is 0. The molecule has 6 saturated carbocycles. The summed E-state index contributed by atoms with van der Waals surface area (Å²) in [6.07, 6.45) is 32.4. The third-order valence-corrected chi connectivity index (χ3v) is 17.1. The van der Waals surface area contributed by atoms with Crippen LogP contribution in [0.15, 0.2) is 0 Å². The van der Waals surface area contributed by atoms with E-state index < -0.39 is 28.1 Å². The molecule has 0 aromatic rings. The van der Waals surface area contributed by atoms with E-state index in [4.69, 9.17) is 31.4 Å². The van der Waals surface area contributed by atoms with Crippen LogP contribution < -0.4 is 17.2 Å². The van der Waals surface area contributed by atoms with Crippen LogP contribution in [-0.4, -0.2) is 54.3 Å². The van der Waals surface area contributed by atoms with Crippen LogP contribution in [-0.2, 0) is 28.6 Å². The van der Waals surface area contributed by atoms with Crippen LogP contribution in [0.5, 0.6) is 0 Å². The zero-order valence-electron chi connectivity index (χ0n) is 36.2. The molecular weight excluding hydrogens is 715 g/mol. The fourth-order valence-corrected chi connectivity index (χ4v) is 14.3. The van der Waals surface area contributed by atoms with Gasteiger partial charge in [0.1, 0.15) is 6.61 Å². The Labute approximate surface area is 346 Å². The molecule has 1 atom stereocenters. The van der Waals surface area contributed by atoms with Crippen molar-refractivity contribution in [3.8, 4) is 0 Å². The molecule has 1 unspecified atom stereocenters. The lowest BCUT2D eigenvalue weighted by Crippen LogP contribution is -2.72. The van der Waals surface area contributed by atoms with Crippen LogP contribution in [0.3, 0.4) is 0 Å². The molecule has 0 radical (unpaired) electrons. The zero-order valence-corrected chi connectivity index (χ0v) is 36.2. The molecule has 9 heteroatoms. The van der Waals surface area contributed by atoms with E-state index in [0.29, 0.717) is 6.42 Å². The van der Waals surface area contributed by atoms with Crippen molar-refractivity contribution in [2.75, 3.05) is 19.8 Å². The highest BCUT2D eigenvalue weighted by atomic mass is 16.6. The molecule has 6 fully saturated rings. The van der Waals surface area contributed by atoms with Crippen molar-refractivity contribution in [2.24, 2.45) is 58.1 Å². The minimum atomic E-state index is -1.12. The highest BCUT2D eigenvalue weighted by Crippen LogP contribution is 2.61. The van der Waals surface area contributed by atoms with E-state index in [0.717, 1.165) is 154 Å². The van der Waals surface area contributed by atoms with Crippen LogP contribution in [0.25, 0.3) is 0 Å². The number of carbonyl (C=O) groups is 3. The van der Waals surface area contributed by atoms with Crippen molar-refractivity contribution in [1.29, 1.82) is 0 Å². The van der Waals surface area contributed by atoms with Gasteiger partial charge >= 0.3 is 0 Å². The Hall–Kier alpha value is -1.71. The summed E-state index contributed by atoms with van der Waals surface area (Å²) in [6.45, 7) is 2.47. The second kappa shape index (κ2) is 20.7. The molecule has 0 saturated heterocycles. The largest absolute Gasteiger partial charge is 0.371 e.